The molecule has 0 aliphatic carbocycles. The van der Waals surface area contributed by atoms with Gasteiger partial charge in [-0.15, -0.1) is 0 Å². The number of carbonyl (C=O) groups excluding carboxylic acids is 1. The molecule has 5 nitrogen and oxygen atoms in total. The molecular weight excluding hydrogens is 366 g/mol. The van der Waals surface area contributed by atoms with Crippen LogP contribution in [0.2, 0.25) is 0 Å². The molecule has 0 atom stereocenters. The van der Waals surface area contributed by atoms with Gasteiger partial charge in [0.1, 0.15) is 6.61 Å². The maximum absolute atomic E-state index is 11.8. The van der Waals surface area contributed by atoms with Crippen LogP contribution in [0.25, 0.3) is 0 Å². The van der Waals surface area contributed by atoms with Crippen molar-refractivity contribution in [3.63, 3.8) is 0 Å². The maximum Gasteiger partial charge on any atom is 0.407 e. The van der Waals surface area contributed by atoms with E-state index in [1.54, 1.807) is 12.1 Å². The number of aromatic hydroxyl groups is 1. The molecule has 0 bridgehead atoms. The second-order valence-electron chi connectivity index (χ2n) is 7.42. The van der Waals surface area contributed by atoms with E-state index in [1.165, 1.54) is 29.9 Å². The summed E-state index contributed by atoms with van der Waals surface area (Å²) in [7, 11) is 1.48. The minimum Gasteiger partial charge on any atom is -0.504 e. The fourth-order valence-electron chi connectivity index (χ4n) is 2.66. The van der Waals surface area contributed by atoms with Crippen LogP contribution in [0.3, 0.4) is 0 Å². The van der Waals surface area contributed by atoms with Gasteiger partial charge in [0.05, 0.1) is 7.11 Å². The van der Waals surface area contributed by atoms with Crippen molar-refractivity contribution in [1.29, 1.82) is 0 Å². The summed E-state index contributed by atoms with van der Waals surface area (Å²) in [6, 6.07) is 4.93. The fraction of sp³-hybridized carbons (Fsp3) is 0.458. The lowest BCUT2D eigenvalue weighted by molar-refractivity contribution is 0.157. The van der Waals surface area contributed by atoms with E-state index < -0.39 is 6.09 Å². The van der Waals surface area contributed by atoms with Gasteiger partial charge in [-0.2, -0.15) is 0 Å². The number of amides is 1. The normalized spacial score (nSPS) is 11.8. The fourth-order valence-corrected chi connectivity index (χ4v) is 2.66. The van der Waals surface area contributed by atoms with Crippen molar-refractivity contribution in [3.8, 4) is 11.5 Å². The molecule has 1 rings (SSSR count). The molecule has 0 aliphatic heterocycles. The van der Waals surface area contributed by atoms with E-state index in [-0.39, 0.29) is 12.4 Å². The molecular formula is C24H35NO4. The van der Waals surface area contributed by atoms with Gasteiger partial charge in [-0.1, -0.05) is 34.9 Å². The van der Waals surface area contributed by atoms with Gasteiger partial charge < -0.3 is 19.9 Å². The molecule has 0 heterocycles. The number of rotatable bonds is 11. The Labute approximate surface area is 175 Å². The van der Waals surface area contributed by atoms with Gasteiger partial charge >= 0.3 is 6.09 Å². The summed E-state index contributed by atoms with van der Waals surface area (Å²) in [6.07, 6.45) is 10.2. The molecule has 0 saturated carbocycles. The first-order chi connectivity index (χ1) is 13.8. The van der Waals surface area contributed by atoms with Crippen LogP contribution in [-0.2, 0) is 11.3 Å². The summed E-state index contributed by atoms with van der Waals surface area (Å²) in [5.74, 6) is 0.440. The summed E-state index contributed by atoms with van der Waals surface area (Å²) in [4.78, 5) is 11.8. The number of allylic oxidation sites excluding steroid dienone is 5. The number of benzene rings is 1. The zero-order valence-electron chi connectivity index (χ0n) is 18.4. The molecule has 0 aromatic heterocycles. The minimum atomic E-state index is -0.476. The number of hydrogen-bond acceptors (Lipinski definition) is 4. The first-order valence-corrected chi connectivity index (χ1v) is 10.0. The van der Waals surface area contributed by atoms with Gasteiger partial charge in [0.15, 0.2) is 11.5 Å². The molecule has 0 aliphatic rings. The maximum atomic E-state index is 11.8. The Bertz CT molecular complexity index is 743. The Kier molecular flexibility index (Phi) is 11.3. The highest BCUT2D eigenvalue weighted by molar-refractivity contribution is 5.67. The predicted octanol–water partition coefficient (Wildman–Crippen LogP) is 6.05. The van der Waals surface area contributed by atoms with E-state index in [9.17, 15) is 9.90 Å². The van der Waals surface area contributed by atoms with Gasteiger partial charge in [0.25, 0.3) is 0 Å². The van der Waals surface area contributed by atoms with Crippen LogP contribution < -0.4 is 10.1 Å². The van der Waals surface area contributed by atoms with Crippen molar-refractivity contribution in [2.45, 2.75) is 59.9 Å². The SMILES string of the molecule is COc1cc(CNC(=O)OC/C=C(\C)CC/C=C(\C)CCC=C(C)C)ccc1O. The molecule has 0 unspecified atom stereocenters. The van der Waals surface area contributed by atoms with Gasteiger partial charge in [0.2, 0.25) is 0 Å². The number of alkyl carbamates (subject to hydrolysis) is 1. The zero-order valence-corrected chi connectivity index (χ0v) is 18.4. The predicted molar refractivity (Wildman–Crippen MR) is 118 cm³/mol. The third kappa shape index (κ3) is 11.0. The molecule has 160 valence electrons. The lowest BCUT2D eigenvalue weighted by atomic mass is 10.1. The van der Waals surface area contributed by atoms with Crippen LogP contribution >= 0.6 is 0 Å². The summed E-state index contributed by atoms with van der Waals surface area (Å²) < 4.78 is 10.2. The standard InChI is InChI=1S/C24H35NO4/c1-18(2)8-6-9-19(3)10-7-11-20(4)14-15-29-24(27)25-17-21-12-13-22(26)23(16-21)28-5/h8,10,12-14,16,26H,6-7,9,11,15,17H2,1-5H3,(H,25,27)/b19-10+,20-14+. The lowest BCUT2D eigenvalue weighted by Gasteiger charge is -2.08. The second kappa shape index (κ2) is 13.5. The van der Waals surface area contributed by atoms with Gasteiger partial charge in [0, 0.05) is 6.54 Å². The Morgan fingerprint density at radius 1 is 1.03 bits per heavy atom. The molecule has 0 radical (unpaired) electrons. The highest BCUT2D eigenvalue weighted by atomic mass is 16.5. The smallest absolute Gasteiger partial charge is 0.407 e. The summed E-state index contributed by atoms with van der Waals surface area (Å²) in [5, 5.41) is 12.3. The third-order valence-electron chi connectivity index (χ3n) is 4.45. The Balaban J connectivity index is 2.28. The molecule has 5 heteroatoms. The number of hydrogen-bond donors (Lipinski definition) is 2. The van der Waals surface area contributed by atoms with Gasteiger partial charge in [-0.05, 0) is 77.2 Å². The van der Waals surface area contributed by atoms with Crippen molar-refractivity contribution in [1.82, 2.24) is 5.32 Å². The van der Waals surface area contributed by atoms with E-state index in [2.05, 4.69) is 45.2 Å². The summed E-state index contributed by atoms with van der Waals surface area (Å²) in [6.45, 7) is 9.03. The van der Waals surface area contributed by atoms with Crippen LogP contribution in [-0.4, -0.2) is 24.9 Å². The van der Waals surface area contributed by atoms with Gasteiger partial charge in [-0.3, -0.25) is 0 Å². The number of nitrogens with one attached hydrogen (secondary N) is 1. The van der Waals surface area contributed by atoms with Crippen molar-refractivity contribution < 1.29 is 19.4 Å². The number of phenols is 1. The number of methoxy groups -OCH3 is 1. The monoisotopic (exact) mass is 401 g/mol. The van der Waals surface area contributed by atoms with Crippen LogP contribution in [0.5, 0.6) is 11.5 Å². The summed E-state index contributed by atoms with van der Waals surface area (Å²) >= 11 is 0. The van der Waals surface area contributed by atoms with Crippen LogP contribution in [0, 0.1) is 0 Å². The largest absolute Gasteiger partial charge is 0.504 e. The molecule has 0 saturated heterocycles. The Hall–Kier alpha value is -2.69. The molecule has 0 spiro atoms. The van der Waals surface area contributed by atoms with Gasteiger partial charge in [-0.25, -0.2) is 4.79 Å². The third-order valence-corrected chi connectivity index (χ3v) is 4.45. The number of ether oxygens (including phenoxy) is 2. The molecule has 1 aromatic rings. The first-order valence-electron chi connectivity index (χ1n) is 10.0. The highest BCUT2D eigenvalue weighted by Gasteiger charge is 2.05. The van der Waals surface area contributed by atoms with E-state index in [1.807, 2.05) is 6.08 Å². The quantitative estimate of drug-likeness (QED) is 0.443. The average molecular weight is 402 g/mol. The Morgan fingerprint density at radius 2 is 1.69 bits per heavy atom. The average Bonchev–Trinajstić information content (AvgIpc) is 2.67. The van der Waals surface area contributed by atoms with Crippen molar-refractivity contribution in [2.24, 2.45) is 0 Å². The molecule has 1 aromatic carbocycles. The second-order valence-corrected chi connectivity index (χ2v) is 7.42. The molecule has 29 heavy (non-hydrogen) atoms. The van der Waals surface area contributed by atoms with Crippen molar-refractivity contribution >= 4 is 6.09 Å². The topological polar surface area (TPSA) is 67.8 Å². The zero-order chi connectivity index (χ0) is 21.6. The first kappa shape index (κ1) is 24.3. The van der Waals surface area contributed by atoms with E-state index in [0.717, 1.165) is 31.2 Å². The van der Waals surface area contributed by atoms with Crippen LogP contribution in [0.1, 0.15) is 58.9 Å². The van der Waals surface area contributed by atoms with E-state index >= 15 is 0 Å². The molecule has 2 N–H and O–H groups in total. The molecule has 1 amide bonds. The molecule has 0 fully saturated rings. The summed E-state index contributed by atoms with van der Waals surface area (Å²) in [5.41, 5.74) is 4.80. The van der Waals surface area contributed by atoms with Crippen molar-refractivity contribution in [2.75, 3.05) is 13.7 Å². The van der Waals surface area contributed by atoms with Crippen molar-refractivity contribution in [3.05, 3.63) is 58.7 Å². The number of phenolic OH excluding ortho intramolecular Hbond substituents is 1. The van der Waals surface area contributed by atoms with E-state index in [0.29, 0.717) is 12.3 Å². The Morgan fingerprint density at radius 3 is 2.34 bits per heavy atom. The highest BCUT2D eigenvalue weighted by Crippen LogP contribution is 2.26. The lowest BCUT2D eigenvalue weighted by Crippen LogP contribution is -2.23. The minimum absolute atomic E-state index is 0.0670. The van der Waals surface area contributed by atoms with Crippen LogP contribution in [0.15, 0.2) is 53.1 Å². The van der Waals surface area contributed by atoms with E-state index in [4.69, 9.17) is 9.47 Å². The number of carbonyl (C=O) groups is 1. The van der Waals surface area contributed by atoms with Crippen LogP contribution in [0.4, 0.5) is 4.79 Å².